The van der Waals surface area contributed by atoms with Gasteiger partial charge in [-0.3, -0.25) is 4.79 Å². The molecule has 0 saturated heterocycles. The topological polar surface area (TPSA) is 37.8 Å². The number of fused-ring (bicyclic) bond motifs is 3. The highest BCUT2D eigenvalue weighted by Crippen LogP contribution is 2.30. The zero-order valence-corrected chi connectivity index (χ0v) is 12.0. The lowest BCUT2D eigenvalue weighted by Crippen LogP contribution is -2.06. The smallest absolute Gasteiger partial charge is 0.191 e. The van der Waals surface area contributed by atoms with Crippen molar-refractivity contribution in [2.24, 2.45) is 7.05 Å². The zero-order chi connectivity index (χ0) is 13.9. The summed E-state index contributed by atoms with van der Waals surface area (Å²) in [6.45, 7) is 8.19. The van der Waals surface area contributed by atoms with Crippen molar-refractivity contribution in [3.05, 3.63) is 44.9 Å². The third kappa shape index (κ3) is 1.47. The van der Waals surface area contributed by atoms with Crippen LogP contribution in [0.25, 0.3) is 21.8 Å². The molecule has 0 atom stereocenters. The van der Waals surface area contributed by atoms with Gasteiger partial charge in [-0.15, -0.1) is 0 Å². The normalized spacial score (nSPS) is 11.6. The molecule has 3 heteroatoms. The Morgan fingerprint density at radius 2 is 1.79 bits per heavy atom. The minimum absolute atomic E-state index is 0.0977. The van der Waals surface area contributed by atoms with Gasteiger partial charge in [-0.2, -0.15) is 0 Å². The monoisotopic (exact) mass is 254 g/mol. The first kappa shape index (κ1) is 12.0. The maximum absolute atomic E-state index is 12.4. The van der Waals surface area contributed by atoms with E-state index in [1.165, 1.54) is 16.6 Å². The molecule has 0 saturated carbocycles. The van der Waals surface area contributed by atoms with Crippen LogP contribution >= 0.6 is 0 Å². The van der Waals surface area contributed by atoms with Crippen molar-refractivity contribution in [2.75, 3.05) is 0 Å². The second-order valence-corrected chi connectivity index (χ2v) is 5.43. The first-order valence-electron chi connectivity index (χ1n) is 6.50. The highest BCUT2D eigenvalue weighted by atomic mass is 16.1. The molecule has 0 fully saturated rings. The summed E-state index contributed by atoms with van der Waals surface area (Å²) < 4.78 is 2.12. The van der Waals surface area contributed by atoms with Crippen LogP contribution in [0.15, 0.2) is 16.9 Å². The number of aromatic amines is 1. The van der Waals surface area contributed by atoms with Crippen molar-refractivity contribution in [1.82, 2.24) is 9.55 Å². The molecule has 2 heterocycles. The minimum Gasteiger partial charge on any atom is -0.358 e. The van der Waals surface area contributed by atoms with E-state index in [9.17, 15) is 4.79 Å². The number of nitrogens with zero attached hydrogens (tertiary/aromatic N) is 1. The van der Waals surface area contributed by atoms with Crippen LogP contribution in [-0.4, -0.2) is 9.55 Å². The number of benzene rings is 1. The Labute approximate surface area is 111 Å². The summed E-state index contributed by atoms with van der Waals surface area (Å²) in [5, 5.41) is 1.98. The molecule has 3 aromatic rings. The SMILES string of the molecule is Cc1cc(=O)c2c([nH]1)c(C)cc1c(C)c(C)n(C)c12. The molecule has 1 aromatic carbocycles. The van der Waals surface area contributed by atoms with Gasteiger partial charge in [-0.05, 0) is 44.9 Å². The van der Waals surface area contributed by atoms with Crippen molar-refractivity contribution in [3.63, 3.8) is 0 Å². The van der Waals surface area contributed by atoms with Gasteiger partial charge in [0.15, 0.2) is 5.43 Å². The van der Waals surface area contributed by atoms with E-state index in [1.54, 1.807) is 6.07 Å². The van der Waals surface area contributed by atoms with E-state index < -0.39 is 0 Å². The largest absolute Gasteiger partial charge is 0.358 e. The summed E-state index contributed by atoms with van der Waals surface area (Å²) in [6, 6.07) is 3.86. The van der Waals surface area contributed by atoms with Crippen LogP contribution in [0.4, 0.5) is 0 Å². The van der Waals surface area contributed by atoms with Crippen LogP contribution in [0, 0.1) is 27.7 Å². The second kappa shape index (κ2) is 3.73. The summed E-state index contributed by atoms with van der Waals surface area (Å²) in [4.78, 5) is 15.7. The summed E-state index contributed by atoms with van der Waals surface area (Å²) in [7, 11) is 2.03. The second-order valence-electron chi connectivity index (χ2n) is 5.43. The zero-order valence-electron chi connectivity index (χ0n) is 12.0. The Morgan fingerprint density at radius 3 is 2.47 bits per heavy atom. The fourth-order valence-corrected chi connectivity index (χ4v) is 2.96. The van der Waals surface area contributed by atoms with Gasteiger partial charge in [-0.25, -0.2) is 0 Å². The molecule has 0 radical (unpaired) electrons. The molecule has 0 aliphatic carbocycles. The molecular formula is C16H18N2O. The van der Waals surface area contributed by atoms with Crippen LogP contribution in [0.2, 0.25) is 0 Å². The number of aromatic nitrogens is 2. The molecule has 1 N–H and O–H groups in total. The lowest BCUT2D eigenvalue weighted by Gasteiger charge is -2.07. The van der Waals surface area contributed by atoms with E-state index in [-0.39, 0.29) is 5.43 Å². The van der Waals surface area contributed by atoms with Gasteiger partial charge in [0.2, 0.25) is 0 Å². The van der Waals surface area contributed by atoms with Crippen molar-refractivity contribution < 1.29 is 0 Å². The van der Waals surface area contributed by atoms with E-state index in [4.69, 9.17) is 0 Å². The number of hydrogen-bond donors (Lipinski definition) is 1. The lowest BCUT2D eigenvalue weighted by molar-refractivity contribution is 0.913. The lowest BCUT2D eigenvalue weighted by atomic mass is 10.0. The van der Waals surface area contributed by atoms with Gasteiger partial charge >= 0.3 is 0 Å². The molecule has 0 unspecified atom stereocenters. The maximum Gasteiger partial charge on any atom is 0.191 e. The fourth-order valence-electron chi connectivity index (χ4n) is 2.96. The summed E-state index contributed by atoms with van der Waals surface area (Å²) in [6.07, 6.45) is 0. The number of nitrogens with one attached hydrogen (secondary N) is 1. The summed E-state index contributed by atoms with van der Waals surface area (Å²) in [5.41, 5.74) is 6.58. The van der Waals surface area contributed by atoms with Crippen LogP contribution < -0.4 is 5.43 Å². The average Bonchev–Trinajstić information content (AvgIpc) is 2.55. The highest BCUT2D eigenvalue weighted by Gasteiger charge is 2.15. The van der Waals surface area contributed by atoms with Crippen molar-refractivity contribution in [3.8, 4) is 0 Å². The summed E-state index contributed by atoms with van der Waals surface area (Å²) >= 11 is 0. The molecule has 0 bridgehead atoms. The number of rotatable bonds is 0. The molecule has 0 spiro atoms. The number of hydrogen-bond acceptors (Lipinski definition) is 1. The predicted molar refractivity (Wildman–Crippen MR) is 80.0 cm³/mol. The standard InChI is InChI=1S/C16H18N2O/c1-8-6-12-10(3)11(4)18(5)16(12)14-13(19)7-9(2)17-15(8)14/h6-7H,1-5H3,(H,17,19). The van der Waals surface area contributed by atoms with Crippen molar-refractivity contribution in [2.45, 2.75) is 27.7 Å². The Hall–Kier alpha value is -2.03. The van der Waals surface area contributed by atoms with Gasteiger partial charge in [-0.1, -0.05) is 0 Å². The molecule has 3 rings (SSSR count). The highest BCUT2D eigenvalue weighted by molar-refractivity contribution is 6.07. The van der Waals surface area contributed by atoms with E-state index in [2.05, 4.69) is 36.4 Å². The van der Waals surface area contributed by atoms with Crippen LogP contribution in [0.5, 0.6) is 0 Å². The Morgan fingerprint density at radius 1 is 1.11 bits per heavy atom. The van der Waals surface area contributed by atoms with E-state index in [1.807, 2.05) is 14.0 Å². The Bertz CT molecular complexity index is 882. The van der Waals surface area contributed by atoms with Gasteiger partial charge in [0.05, 0.1) is 16.4 Å². The quantitative estimate of drug-likeness (QED) is 0.657. The van der Waals surface area contributed by atoms with E-state index in [0.29, 0.717) is 0 Å². The first-order chi connectivity index (χ1) is 8.91. The van der Waals surface area contributed by atoms with Crippen molar-refractivity contribution in [1.29, 1.82) is 0 Å². The average molecular weight is 254 g/mol. The number of pyridine rings is 1. The first-order valence-corrected chi connectivity index (χ1v) is 6.50. The van der Waals surface area contributed by atoms with Crippen LogP contribution in [0.3, 0.4) is 0 Å². The molecule has 19 heavy (non-hydrogen) atoms. The third-order valence-electron chi connectivity index (χ3n) is 4.20. The van der Waals surface area contributed by atoms with E-state index >= 15 is 0 Å². The fraction of sp³-hybridized carbons (Fsp3) is 0.312. The van der Waals surface area contributed by atoms with Gasteiger partial charge in [0, 0.05) is 29.9 Å². The number of H-pyrrole nitrogens is 1. The third-order valence-corrected chi connectivity index (χ3v) is 4.20. The molecule has 2 aromatic heterocycles. The molecular weight excluding hydrogens is 236 g/mol. The molecule has 98 valence electrons. The van der Waals surface area contributed by atoms with Gasteiger partial charge in [0.1, 0.15) is 0 Å². The molecule has 0 aliphatic rings. The predicted octanol–water partition coefficient (Wildman–Crippen LogP) is 3.25. The van der Waals surface area contributed by atoms with Crippen molar-refractivity contribution >= 4 is 21.8 Å². The summed E-state index contributed by atoms with van der Waals surface area (Å²) in [5.74, 6) is 0. The Balaban J connectivity index is 2.75. The van der Waals surface area contributed by atoms with Gasteiger partial charge in [0.25, 0.3) is 0 Å². The molecule has 3 nitrogen and oxygen atoms in total. The minimum atomic E-state index is 0.0977. The number of aryl methyl sites for hydroxylation is 4. The van der Waals surface area contributed by atoms with Gasteiger partial charge < -0.3 is 9.55 Å². The maximum atomic E-state index is 12.4. The van der Waals surface area contributed by atoms with Crippen LogP contribution in [0.1, 0.15) is 22.5 Å². The van der Waals surface area contributed by atoms with E-state index in [0.717, 1.165) is 27.7 Å². The molecule has 0 aliphatic heterocycles. The van der Waals surface area contributed by atoms with Crippen LogP contribution in [-0.2, 0) is 7.05 Å². The Kier molecular flexibility index (Phi) is 2.36. The molecule has 0 amide bonds.